The van der Waals surface area contributed by atoms with Crippen molar-refractivity contribution in [3.63, 3.8) is 0 Å². The van der Waals surface area contributed by atoms with Crippen molar-refractivity contribution in [2.24, 2.45) is 0 Å². The van der Waals surface area contributed by atoms with Crippen molar-refractivity contribution in [3.05, 3.63) is 59.9 Å². The summed E-state index contributed by atoms with van der Waals surface area (Å²) in [6.07, 6.45) is 2.40. The van der Waals surface area contributed by atoms with Gasteiger partial charge < -0.3 is 4.74 Å². The molecule has 0 spiro atoms. The smallest absolute Gasteiger partial charge is 0.288 e. The van der Waals surface area contributed by atoms with Gasteiger partial charge in [-0.05, 0) is 42.8 Å². The zero-order valence-corrected chi connectivity index (χ0v) is 14.5. The molecule has 2 amide bonds. The first-order chi connectivity index (χ1) is 12.6. The lowest BCUT2D eigenvalue weighted by atomic mass is 10.1. The topological polar surface area (TPSA) is 97.4 Å². The number of nitrogens with zero attached hydrogens (tertiary/aromatic N) is 1. The molecule has 26 heavy (non-hydrogen) atoms. The third-order valence-electron chi connectivity index (χ3n) is 3.44. The molecule has 0 saturated carbocycles. The standard InChI is InChI=1S/C19H21N3O4/c1-2-13-26-15-8-6-14(7-9-15)17(23)10-11-18(24)21-22-19(25)16-5-3-4-12-20-16/h3-9,12H,2,10-11,13H2,1H3,(H,21,24)(H,22,25). The molecule has 0 atom stereocenters. The van der Waals surface area contributed by atoms with E-state index in [9.17, 15) is 14.4 Å². The summed E-state index contributed by atoms with van der Waals surface area (Å²) in [5.74, 6) is -0.421. The van der Waals surface area contributed by atoms with Crippen molar-refractivity contribution in [3.8, 4) is 5.75 Å². The van der Waals surface area contributed by atoms with Gasteiger partial charge in [0.15, 0.2) is 5.78 Å². The quantitative estimate of drug-likeness (QED) is 0.559. The Balaban J connectivity index is 1.74. The van der Waals surface area contributed by atoms with Gasteiger partial charge in [0.05, 0.1) is 6.61 Å². The van der Waals surface area contributed by atoms with Crippen LogP contribution in [0.4, 0.5) is 0 Å². The molecule has 0 radical (unpaired) electrons. The minimum Gasteiger partial charge on any atom is -0.494 e. The average Bonchev–Trinajstić information content (AvgIpc) is 2.69. The van der Waals surface area contributed by atoms with Gasteiger partial charge in [0.2, 0.25) is 5.91 Å². The van der Waals surface area contributed by atoms with E-state index < -0.39 is 11.8 Å². The first-order valence-corrected chi connectivity index (χ1v) is 8.36. The molecule has 0 saturated heterocycles. The molecule has 0 aliphatic carbocycles. The monoisotopic (exact) mass is 355 g/mol. The third-order valence-corrected chi connectivity index (χ3v) is 3.44. The highest BCUT2D eigenvalue weighted by Gasteiger charge is 2.11. The van der Waals surface area contributed by atoms with Crippen molar-refractivity contribution < 1.29 is 19.1 Å². The van der Waals surface area contributed by atoms with E-state index in [1.807, 2.05) is 6.92 Å². The first-order valence-electron chi connectivity index (χ1n) is 8.36. The van der Waals surface area contributed by atoms with E-state index in [1.165, 1.54) is 12.3 Å². The van der Waals surface area contributed by atoms with Crippen molar-refractivity contribution in [1.82, 2.24) is 15.8 Å². The zero-order valence-electron chi connectivity index (χ0n) is 14.5. The average molecular weight is 355 g/mol. The van der Waals surface area contributed by atoms with Gasteiger partial charge in [0.1, 0.15) is 11.4 Å². The molecule has 7 heteroatoms. The number of hydrogen-bond donors (Lipinski definition) is 2. The van der Waals surface area contributed by atoms with E-state index >= 15 is 0 Å². The maximum absolute atomic E-state index is 12.1. The molecule has 7 nitrogen and oxygen atoms in total. The number of carbonyl (C=O) groups excluding carboxylic acids is 3. The van der Waals surface area contributed by atoms with E-state index in [0.717, 1.165) is 6.42 Å². The molecular formula is C19H21N3O4. The number of Topliss-reactive ketones (excluding diaryl/α,β-unsaturated/α-hetero) is 1. The van der Waals surface area contributed by atoms with Crippen LogP contribution in [-0.4, -0.2) is 29.2 Å². The van der Waals surface area contributed by atoms with E-state index in [2.05, 4.69) is 15.8 Å². The minimum absolute atomic E-state index is 0.0323. The molecule has 0 aliphatic heterocycles. The third kappa shape index (κ3) is 6.01. The number of aromatic nitrogens is 1. The zero-order chi connectivity index (χ0) is 18.8. The predicted octanol–water partition coefficient (Wildman–Crippen LogP) is 2.29. The molecule has 0 unspecified atom stereocenters. The Hall–Kier alpha value is -3.22. The van der Waals surface area contributed by atoms with Gasteiger partial charge in [0.25, 0.3) is 5.91 Å². The Morgan fingerprint density at radius 1 is 1.00 bits per heavy atom. The summed E-state index contributed by atoms with van der Waals surface area (Å²) < 4.78 is 5.46. The summed E-state index contributed by atoms with van der Waals surface area (Å²) in [6, 6.07) is 11.7. The van der Waals surface area contributed by atoms with Gasteiger partial charge >= 0.3 is 0 Å². The minimum atomic E-state index is -0.520. The van der Waals surface area contributed by atoms with Crippen LogP contribution in [0.1, 0.15) is 47.0 Å². The van der Waals surface area contributed by atoms with Crippen LogP contribution in [0.5, 0.6) is 5.75 Å². The first kappa shape index (κ1) is 19.1. The summed E-state index contributed by atoms with van der Waals surface area (Å²) in [5, 5.41) is 0. The number of rotatable bonds is 8. The van der Waals surface area contributed by atoms with E-state index in [-0.39, 0.29) is 24.3 Å². The summed E-state index contributed by atoms with van der Waals surface area (Å²) in [4.78, 5) is 39.5. The lowest BCUT2D eigenvalue weighted by molar-refractivity contribution is -0.121. The highest BCUT2D eigenvalue weighted by molar-refractivity contribution is 5.98. The van der Waals surface area contributed by atoms with Crippen LogP contribution in [0.25, 0.3) is 0 Å². The van der Waals surface area contributed by atoms with Crippen molar-refractivity contribution >= 4 is 17.6 Å². The molecule has 2 aromatic rings. The van der Waals surface area contributed by atoms with Gasteiger partial charge in [-0.3, -0.25) is 30.2 Å². The lowest BCUT2D eigenvalue weighted by Crippen LogP contribution is -2.42. The highest BCUT2D eigenvalue weighted by atomic mass is 16.5. The molecule has 2 N–H and O–H groups in total. The fraction of sp³-hybridized carbons (Fsp3) is 0.263. The van der Waals surface area contributed by atoms with Gasteiger partial charge in [-0.25, -0.2) is 0 Å². The number of carbonyl (C=O) groups is 3. The lowest BCUT2D eigenvalue weighted by Gasteiger charge is -2.07. The molecule has 0 bridgehead atoms. The van der Waals surface area contributed by atoms with Crippen molar-refractivity contribution in [1.29, 1.82) is 0 Å². The molecule has 1 aromatic carbocycles. The maximum Gasteiger partial charge on any atom is 0.288 e. The molecule has 0 fully saturated rings. The highest BCUT2D eigenvalue weighted by Crippen LogP contribution is 2.14. The molecule has 1 heterocycles. The molecular weight excluding hydrogens is 334 g/mol. The number of hydrazine groups is 1. The Morgan fingerprint density at radius 3 is 2.42 bits per heavy atom. The second-order valence-electron chi connectivity index (χ2n) is 5.51. The van der Waals surface area contributed by atoms with Crippen LogP contribution in [0.2, 0.25) is 0 Å². The summed E-state index contributed by atoms with van der Waals surface area (Å²) in [6.45, 7) is 2.64. The number of ether oxygens (including phenoxy) is 1. The number of hydrogen-bond acceptors (Lipinski definition) is 5. The Morgan fingerprint density at radius 2 is 1.77 bits per heavy atom. The number of ketones is 1. The van der Waals surface area contributed by atoms with Crippen LogP contribution in [-0.2, 0) is 4.79 Å². The Bertz CT molecular complexity index is 745. The fourth-order valence-corrected chi connectivity index (χ4v) is 2.08. The number of amides is 2. The molecule has 0 aliphatic rings. The second kappa shape index (κ2) is 9.93. The van der Waals surface area contributed by atoms with Gasteiger partial charge in [-0.15, -0.1) is 0 Å². The summed E-state index contributed by atoms with van der Waals surface area (Å²) >= 11 is 0. The van der Waals surface area contributed by atoms with Crippen LogP contribution in [0.15, 0.2) is 48.7 Å². The second-order valence-corrected chi connectivity index (χ2v) is 5.51. The van der Waals surface area contributed by atoms with Gasteiger partial charge in [-0.2, -0.15) is 0 Å². The predicted molar refractivity (Wildman–Crippen MR) is 95.6 cm³/mol. The van der Waals surface area contributed by atoms with Gasteiger partial charge in [-0.1, -0.05) is 13.0 Å². The van der Waals surface area contributed by atoms with Crippen LogP contribution < -0.4 is 15.6 Å². The largest absolute Gasteiger partial charge is 0.494 e. The molecule has 136 valence electrons. The van der Waals surface area contributed by atoms with E-state index in [4.69, 9.17) is 4.74 Å². The van der Waals surface area contributed by atoms with E-state index in [1.54, 1.807) is 36.4 Å². The van der Waals surface area contributed by atoms with Gasteiger partial charge in [0, 0.05) is 24.6 Å². The van der Waals surface area contributed by atoms with Crippen LogP contribution in [0, 0.1) is 0 Å². The normalized spacial score (nSPS) is 10.0. The molecule has 2 rings (SSSR count). The molecule has 1 aromatic heterocycles. The maximum atomic E-state index is 12.1. The fourth-order valence-electron chi connectivity index (χ4n) is 2.08. The Kier molecular flexibility index (Phi) is 7.30. The van der Waals surface area contributed by atoms with Crippen LogP contribution in [0.3, 0.4) is 0 Å². The number of pyridine rings is 1. The van der Waals surface area contributed by atoms with Crippen molar-refractivity contribution in [2.45, 2.75) is 26.2 Å². The SMILES string of the molecule is CCCOc1ccc(C(=O)CCC(=O)NNC(=O)c2ccccn2)cc1. The number of benzene rings is 1. The Labute approximate surface area is 151 Å². The summed E-state index contributed by atoms with van der Waals surface area (Å²) in [5.41, 5.74) is 5.23. The van der Waals surface area contributed by atoms with Crippen molar-refractivity contribution in [2.75, 3.05) is 6.61 Å². The van der Waals surface area contributed by atoms with E-state index in [0.29, 0.717) is 17.9 Å². The number of nitrogens with one attached hydrogen (secondary N) is 2. The van der Waals surface area contributed by atoms with Crippen LogP contribution >= 0.6 is 0 Å². The summed E-state index contributed by atoms with van der Waals surface area (Å²) in [7, 11) is 0.